The molecule has 1 heterocycles. The maximum Gasteiger partial charge on any atom is 0.251 e. The Morgan fingerprint density at radius 2 is 1.85 bits per heavy atom. The smallest absolute Gasteiger partial charge is 0.251 e. The number of carbonyl (C=O) groups excluding carboxylic acids is 1. The van der Waals surface area contributed by atoms with E-state index in [1.54, 1.807) is 0 Å². The number of nitrogens with zero attached hydrogens (tertiary/aromatic N) is 2. The molecule has 0 bridgehead atoms. The van der Waals surface area contributed by atoms with Gasteiger partial charge in [-0.2, -0.15) is 0 Å². The molecule has 1 aliphatic rings. The average molecular weight is 276 g/mol. The largest absolute Gasteiger partial charge is 0.351 e. The highest BCUT2D eigenvalue weighted by Crippen LogP contribution is 2.03. The van der Waals surface area contributed by atoms with Crippen LogP contribution in [0.3, 0.4) is 0 Å². The highest BCUT2D eigenvalue weighted by molar-refractivity contribution is 5.94. The van der Waals surface area contributed by atoms with Crippen LogP contribution in [0.15, 0.2) is 24.3 Å². The Kier molecular flexibility index (Phi) is 5.52. The molecule has 20 heavy (non-hydrogen) atoms. The number of piperazine rings is 1. The van der Waals surface area contributed by atoms with E-state index in [0.29, 0.717) is 18.7 Å². The predicted octanol–water partition coefficient (Wildman–Crippen LogP) is 0.123. The number of benzene rings is 1. The third-order valence-electron chi connectivity index (χ3n) is 3.76. The summed E-state index contributed by atoms with van der Waals surface area (Å²) >= 11 is 0. The molecule has 110 valence electrons. The van der Waals surface area contributed by atoms with Gasteiger partial charge in [0.15, 0.2) is 0 Å². The molecule has 1 aromatic carbocycles. The van der Waals surface area contributed by atoms with Crippen LogP contribution in [0.2, 0.25) is 0 Å². The minimum absolute atomic E-state index is 0.0114. The topological polar surface area (TPSA) is 61.6 Å². The quantitative estimate of drug-likeness (QED) is 0.802. The molecule has 1 amide bonds. The molecule has 2 rings (SSSR count). The first-order valence-corrected chi connectivity index (χ1v) is 7.17. The summed E-state index contributed by atoms with van der Waals surface area (Å²) in [6, 6.07) is 7.45. The molecule has 0 aliphatic carbocycles. The highest BCUT2D eigenvalue weighted by Gasteiger charge is 2.13. The van der Waals surface area contributed by atoms with E-state index in [0.717, 1.165) is 38.3 Å². The van der Waals surface area contributed by atoms with Crippen LogP contribution in [-0.2, 0) is 6.54 Å². The second-order valence-corrected chi connectivity index (χ2v) is 5.30. The van der Waals surface area contributed by atoms with E-state index < -0.39 is 0 Å². The Bertz CT molecular complexity index is 424. The first-order chi connectivity index (χ1) is 9.69. The van der Waals surface area contributed by atoms with Crippen LogP contribution in [0.1, 0.15) is 15.9 Å². The Balaban J connectivity index is 1.71. The van der Waals surface area contributed by atoms with Crippen LogP contribution in [0, 0.1) is 0 Å². The van der Waals surface area contributed by atoms with Gasteiger partial charge in [-0.05, 0) is 24.7 Å². The Hall–Kier alpha value is -1.43. The summed E-state index contributed by atoms with van der Waals surface area (Å²) in [5, 5.41) is 2.97. The fourth-order valence-electron chi connectivity index (χ4n) is 2.29. The van der Waals surface area contributed by atoms with Crippen molar-refractivity contribution in [2.24, 2.45) is 5.73 Å². The first-order valence-electron chi connectivity index (χ1n) is 7.17. The number of hydrogen-bond acceptors (Lipinski definition) is 4. The third kappa shape index (κ3) is 4.30. The Morgan fingerprint density at radius 1 is 1.20 bits per heavy atom. The monoisotopic (exact) mass is 276 g/mol. The summed E-state index contributed by atoms with van der Waals surface area (Å²) in [6.07, 6.45) is 0. The molecule has 5 heteroatoms. The van der Waals surface area contributed by atoms with Crippen molar-refractivity contribution in [3.8, 4) is 0 Å². The maximum atomic E-state index is 12.0. The standard InChI is InChI=1S/C15H24N4O/c1-18-8-10-19(11-9-18)7-6-17-15(20)14-4-2-13(12-16)3-5-14/h2-5H,6-12,16H2,1H3,(H,17,20). The van der Waals surface area contributed by atoms with Crippen molar-refractivity contribution >= 4 is 5.91 Å². The van der Waals surface area contributed by atoms with Gasteiger partial charge >= 0.3 is 0 Å². The number of hydrogen-bond donors (Lipinski definition) is 2. The summed E-state index contributed by atoms with van der Waals surface area (Å²) in [5.74, 6) is -0.0114. The minimum Gasteiger partial charge on any atom is -0.351 e. The van der Waals surface area contributed by atoms with Crippen LogP contribution in [0.4, 0.5) is 0 Å². The van der Waals surface area contributed by atoms with E-state index in [4.69, 9.17) is 5.73 Å². The second-order valence-electron chi connectivity index (χ2n) is 5.30. The molecular formula is C15H24N4O. The van der Waals surface area contributed by atoms with E-state index in [-0.39, 0.29) is 5.91 Å². The third-order valence-corrected chi connectivity index (χ3v) is 3.76. The SMILES string of the molecule is CN1CCN(CCNC(=O)c2ccc(CN)cc2)CC1. The summed E-state index contributed by atoms with van der Waals surface area (Å²) in [4.78, 5) is 16.7. The van der Waals surface area contributed by atoms with E-state index in [1.165, 1.54) is 0 Å². The van der Waals surface area contributed by atoms with Crippen molar-refractivity contribution in [2.75, 3.05) is 46.3 Å². The Morgan fingerprint density at radius 3 is 2.45 bits per heavy atom. The number of likely N-dealkylation sites (N-methyl/N-ethyl adjacent to an activating group) is 1. The summed E-state index contributed by atoms with van der Waals surface area (Å²) in [5.41, 5.74) is 7.27. The molecule has 0 radical (unpaired) electrons. The molecular weight excluding hydrogens is 252 g/mol. The molecule has 1 saturated heterocycles. The van der Waals surface area contributed by atoms with Crippen molar-refractivity contribution in [1.29, 1.82) is 0 Å². The van der Waals surface area contributed by atoms with Crippen molar-refractivity contribution in [3.05, 3.63) is 35.4 Å². The van der Waals surface area contributed by atoms with Gasteiger partial charge in [-0.25, -0.2) is 0 Å². The number of carbonyl (C=O) groups is 1. The molecule has 1 fully saturated rings. The highest BCUT2D eigenvalue weighted by atomic mass is 16.1. The zero-order valence-corrected chi connectivity index (χ0v) is 12.1. The molecule has 1 aromatic rings. The number of rotatable bonds is 5. The van der Waals surface area contributed by atoms with Gasteiger partial charge in [-0.1, -0.05) is 12.1 Å². The van der Waals surface area contributed by atoms with Crippen LogP contribution in [-0.4, -0.2) is 62.0 Å². The fraction of sp³-hybridized carbons (Fsp3) is 0.533. The van der Waals surface area contributed by atoms with Crippen LogP contribution < -0.4 is 11.1 Å². The molecule has 3 N–H and O–H groups in total. The normalized spacial score (nSPS) is 17.1. The number of amides is 1. The van der Waals surface area contributed by atoms with Crippen molar-refractivity contribution < 1.29 is 4.79 Å². The van der Waals surface area contributed by atoms with Gasteiger partial charge in [0.2, 0.25) is 0 Å². The van der Waals surface area contributed by atoms with E-state index in [1.807, 2.05) is 24.3 Å². The average Bonchev–Trinajstić information content (AvgIpc) is 2.49. The second kappa shape index (κ2) is 7.38. The molecule has 0 unspecified atom stereocenters. The number of nitrogens with two attached hydrogens (primary N) is 1. The lowest BCUT2D eigenvalue weighted by atomic mass is 10.1. The zero-order valence-electron chi connectivity index (χ0n) is 12.1. The molecule has 5 nitrogen and oxygen atoms in total. The lowest BCUT2D eigenvalue weighted by Crippen LogP contribution is -2.46. The summed E-state index contributed by atoms with van der Waals surface area (Å²) < 4.78 is 0. The van der Waals surface area contributed by atoms with Gasteiger partial charge in [0.05, 0.1) is 0 Å². The molecule has 0 spiro atoms. The lowest BCUT2D eigenvalue weighted by molar-refractivity contribution is 0.0941. The van der Waals surface area contributed by atoms with Gasteiger partial charge in [-0.3, -0.25) is 9.69 Å². The minimum atomic E-state index is -0.0114. The van der Waals surface area contributed by atoms with Crippen LogP contribution in [0.5, 0.6) is 0 Å². The van der Waals surface area contributed by atoms with E-state index in [9.17, 15) is 4.79 Å². The van der Waals surface area contributed by atoms with Crippen LogP contribution >= 0.6 is 0 Å². The van der Waals surface area contributed by atoms with Gasteiger partial charge < -0.3 is 16.0 Å². The summed E-state index contributed by atoms with van der Waals surface area (Å²) in [7, 11) is 2.14. The number of nitrogens with one attached hydrogen (secondary N) is 1. The van der Waals surface area contributed by atoms with Crippen molar-refractivity contribution in [1.82, 2.24) is 15.1 Å². The molecule has 0 aromatic heterocycles. The zero-order chi connectivity index (χ0) is 14.4. The summed E-state index contributed by atoms with van der Waals surface area (Å²) in [6.45, 7) is 6.49. The maximum absolute atomic E-state index is 12.0. The molecule has 0 atom stereocenters. The fourth-order valence-corrected chi connectivity index (χ4v) is 2.29. The molecule has 1 aliphatic heterocycles. The van der Waals surface area contributed by atoms with Gasteiger partial charge in [0, 0.05) is 51.4 Å². The van der Waals surface area contributed by atoms with E-state index in [2.05, 4.69) is 22.2 Å². The van der Waals surface area contributed by atoms with Crippen LogP contribution in [0.25, 0.3) is 0 Å². The molecule has 0 saturated carbocycles. The first kappa shape index (κ1) is 15.0. The van der Waals surface area contributed by atoms with Gasteiger partial charge in [0.1, 0.15) is 0 Å². The predicted molar refractivity (Wildman–Crippen MR) is 80.6 cm³/mol. The Labute approximate surface area is 120 Å². The van der Waals surface area contributed by atoms with Gasteiger partial charge in [-0.15, -0.1) is 0 Å². The van der Waals surface area contributed by atoms with Gasteiger partial charge in [0.25, 0.3) is 5.91 Å². The van der Waals surface area contributed by atoms with Crippen molar-refractivity contribution in [3.63, 3.8) is 0 Å². The van der Waals surface area contributed by atoms with E-state index >= 15 is 0 Å². The van der Waals surface area contributed by atoms with Crippen molar-refractivity contribution in [2.45, 2.75) is 6.54 Å². The lowest BCUT2D eigenvalue weighted by Gasteiger charge is -2.32.